The Labute approximate surface area is 108 Å². The van der Waals surface area contributed by atoms with Gasteiger partial charge in [0.1, 0.15) is 0 Å². The maximum Gasteiger partial charge on any atom is 0.215 e. The molecule has 6 nitrogen and oxygen atoms in total. The summed E-state index contributed by atoms with van der Waals surface area (Å²) in [6, 6.07) is -0.165. The molecule has 0 bridgehead atoms. The van der Waals surface area contributed by atoms with Gasteiger partial charge in [0.15, 0.2) is 9.84 Å². The highest BCUT2D eigenvalue weighted by atomic mass is 32.2. The molecule has 0 aromatic carbocycles. The molecule has 8 heteroatoms. The number of aliphatic hydroxyl groups is 1. The van der Waals surface area contributed by atoms with Crippen molar-refractivity contribution >= 4 is 19.9 Å². The number of rotatable bonds is 3. The number of hydrogen-bond donors (Lipinski definition) is 2. The van der Waals surface area contributed by atoms with Crippen molar-refractivity contribution in [2.24, 2.45) is 0 Å². The highest BCUT2D eigenvalue weighted by Gasteiger charge is 2.38. The highest BCUT2D eigenvalue weighted by molar-refractivity contribution is 7.95. The van der Waals surface area contributed by atoms with Gasteiger partial charge in [-0.3, -0.25) is 0 Å². The fourth-order valence-corrected chi connectivity index (χ4v) is 6.88. The van der Waals surface area contributed by atoms with E-state index in [1.54, 1.807) is 0 Å². The third kappa shape index (κ3) is 3.43. The van der Waals surface area contributed by atoms with Crippen molar-refractivity contribution in [3.05, 3.63) is 0 Å². The van der Waals surface area contributed by atoms with Crippen molar-refractivity contribution in [3.8, 4) is 0 Å². The monoisotopic (exact) mass is 297 g/mol. The van der Waals surface area contributed by atoms with E-state index in [2.05, 4.69) is 4.72 Å². The molecule has 18 heavy (non-hydrogen) atoms. The zero-order valence-corrected chi connectivity index (χ0v) is 11.7. The van der Waals surface area contributed by atoms with E-state index < -0.39 is 25.1 Å². The molecule has 1 saturated carbocycles. The van der Waals surface area contributed by atoms with E-state index in [9.17, 15) is 21.9 Å². The van der Waals surface area contributed by atoms with Crippen LogP contribution in [0.15, 0.2) is 0 Å². The number of hydrogen-bond acceptors (Lipinski definition) is 5. The average Bonchev–Trinajstić information content (AvgIpc) is 2.63. The molecule has 0 radical (unpaired) electrons. The Morgan fingerprint density at radius 1 is 1.06 bits per heavy atom. The summed E-state index contributed by atoms with van der Waals surface area (Å²) in [6.45, 7) is 0. The molecular weight excluding hydrogens is 278 g/mol. The maximum atomic E-state index is 12.0. The lowest BCUT2D eigenvalue weighted by Gasteiger charge is -2.27. The predicted octanol–water partition coefficient (Wildman–Crippen LogP) is -0.604. The van der Waals surface area contributed by atoms with Gasteiger partial charge in [0.2, 0.25) is 10.0 Å². The maximum absolute atomic E-state index is 12.0. The molecule has 0 aromatic heterocycles. The first-order valence-electron chi connectivity index (χ1n) is 6.18. The fourth-order valence-electron chi connectivity index (χ4n) is 2.53. The highest BCUT2D eigenvalue weighted by Crippen LogP contribution is 2.22. The minimum atomic E-state index is -3.56. The first-order chi connectivity index (χ1) is 8.28. The van der Waals surface area contributed by atoms with E-state index in [-0.39, 0.29) is 30.1 Å². The van der Waals surface area contributed by atoms with E-state index in [0.29, 0.717) is 25.7 Å². The topological polar surface area (TPSA) is 101 Å². The summed E-state index contributed by atoms with van der Waals surface area (Å²) in [4.78, 5) is 0. The van der Waals surface area contributed by atoms with Gasteiger partial charge in [-0.2, -0.15) is 0 Å². The van der Waals surface area contributed by atoms with Gasteiger partial charge in [0, 0.05) is 6.04 Å². The van der Waals surface area contributed by atoms with Crippen LogP contribution in [0.4, 0.5) is 0 Å². The quantitative estimate of drug-likeness (QED) is 0.724. The van der Waals surface area contributed by atoms with Crippen LogP contribution in [0.2, 0.25) is 0 Å². The molecule has 2 aliphatic rings. The predicted molar refractivity (Wildman–Crippen MR) is 67.4 cm³/mol. The molecule has 106 valence electrons. The summed E-state index contributed by atoms with van der Waals surface area (Å²) in [5.41, 5.74) is 0. The second-order valence-corrected chi connectivity index (χ2v) is 9.41. The number of aliphatic hydroxyl groups excluding tert-OH is 1. The van der Waals surface area contributed by atoms with Crippen LogP contribution >= 0.6 is 0 Å². The van der Waals surface area contributed by atoms with Gasteiger partial charge < -0.3 is 5.11 Å². The smallest absolute Gasteiger partial charge is 0.215 e. The van der Waals surface area contributed by atoms with E-state index >= 15 is 0 Å². The first-order valence-corrected chi connectivity index (χ1v) is 9.55. The van der Waals surface area contributed by atoms with Crippen LogP contribution in [0.25, 0.3) is 0 Å². The van der Waals surface area contributed by atoms with Gasteiger partial charge >= 0.3 is 0 Å². The molecule has 0 aromatic rings. The summed E-state index contributed by atoms with van der Waals surface area (Å²) >= 11 is 0. The molecule has 1 atom stereocenters. The van der Waals surface area contributed by atoms with Crippen LogP contribution in [-0.2, 0) is 19.9 Å². The molecule has 1 unspecified atom stereocenters. The summed E-state index contributed by atoms with van der Waals surface area (Å²) in [5.74, 6) is -0.306. The standard InChI is InChI=1S/C10H19NO5S2/c12-9-3-1-8(2-4-9)11-18(15,16)10-5-6-17(13,14)7-10/h8-12H,1-7H2. The molecule has 0 spiro atoms. The third-order valence-electron chi connectivity index (χ3n) is 3.66. The molecular formula is C10H19NO5S2. The van der Waals surface area contributed by atoms with Crippen LogP contribution in [0.3, 0.4) is 0 Å². The number of nitrogens with one attached hydrogen (secondary N) is 1. The zero-order valence-electron chi connectivity index (χ0n) is 10.1. The number of sulfonamides is 1. The SMILES string of the molecule is O=S1(=O)CCC(S(=O)(=O)NC2CCC(O)CC2)C1. The van der Waals surface area contributed by atoms with Crippen LogP contribution < -0.4 is 4.72 Å². The number of sulfone groups is 1. The van der Waals surface area contributed by atoms with Crippen LogP contribution in [0, 0.1) is 0 Å². The van der Waals surface area contributed by atoms with Gasteiger partial charge in [-0.15, -0.1) is 0 Å². The molecule has 1 aliphatic carbocycles. The van der Waals surface area contributed by atoms with Crippen LogP contribution in [-0.4, -0.2) is 50.8 Å². The molecule has 2 fully saturated rings. The first kappa shape index (κ1) is 14.2. The zero-order chi connectivity index (χ0) is 13.4. The van der Waals surface area contributed by atoms with Crippen molar-refractivity contribution in [3.63, 3.8) is 0 Å². The van der Waals surface area contributed by atoms with Gasteiger partial charge in [-0.1, -0.05) is 0 Å². The fraction of sp³-hybridized carbons (Fsp3) is 1.00. The lowest BCUT2D eigenvalue weighted by molar-refractivity contribution is 0.120. The van der Waals surface area contributed by atoms with Gasteiger partial charge in [-0.05, 0) is 32.1 Å². The molecule has 0 amide bonds. The lowest BCUT2D eigenvalue weighted by Crippen LogP contribution is -2.43. The molecule has 1 aliphatic heterocycles. The van der Waals surface area contributed by atoms with E-state index in [1.807, 2.05) is 0 Å². The van der Waals surface area contributed by atoms with Crippen molar-refractivity contribution in [1.29, 1.82) is 0 Å². The van der Waals surface area contributed by atoms with Crippen molar-refractivity contribution in [2.75, 3.05) is 11.5 Å². The Balaban J connectivity index is 1.96. The van der Waals surface area contributed by atoms with Gasteiger partial charge in [0.25, 0.3) is 0 Å². The summed E-state index contributed by atoms with van der Waals surface area (Å²) < 4.78 is 49.3. The van der Waals surface area contributed by atoms with Gasteiger partial charge in [-0.25, -0.2) is 21.6 Å². The summed E-state index contributed by atoms with van der Waals surface area (Å²) in [7, 11) is -6.75. The van der Waals surface area contributed by atoms with E-state index in [4.69, 9.17) is 0 Å². The lowest BCUT2D eigenvalue weighted by atomic mass is 9.94. The van der Waals surface area contributed by atoms with Gasteiger partial charge in [0.05, 0.1) is 22.9 Å². The summed E-state index contributed by atoms with van der Waals surface area (Å²) in [6.07, 6.45) is 2.26. The van der Waals surface area contributed by atoms with Crippen LogP contribution in [0.5, 0.6) is 0 Å². The Morgan fingerprint density at radius 2 is 1.67 bits per heavy atom. The largest absolute Gasteiger partial charge is 0.393 e. The Morgan fingerprint density at radius 3 is 2.17 bits per heavy atom. The molecule has 2 rings (SSSR count). The molecule has 1 heterocycles. The summed E-state index contributed by atoms with van der Waals surface area (Å²) in [5, 5.41) is 8.54. The average molecular weight is 297 g/mol. The third-order valence-corrected chi connectivity index (χ3v) is 7.58. The molecule has 2 N–H and O–H groups in total. The minimum Gasteiger partial charge on any atom is -0.393 e. The van der Waals surface area contributed by atoms with Crippen LogP contribution in [0.1, 0.15) is 32.1 Å². The molecule has 1 saturated heterocycles. The minimum absolute atomic E-state index is 0.0397. The normalized spacial score (nSPS) is 36.6. The van der Waals surface area contributed by atoms with E-state index in [0.717, 1.165) is 0 Å². The second-order valence-electron chi connectivity index (χ2n) is 5.19. The van der Waals surface area contributed by atoms with E-state index in [1.165, 1.54) is 0 Å². The van der Waals surface area contributed by atoms with Crippen molar-refractivity contribution < 1.29 is 21.9 Å². The second kappa shape index (κ2) is 5.07. The van der Waals surface area contributed by atoms with Crippen molar-refractivity contribution in [2.45, 2.75) is 49.5 Å². The Hall–Kier alpha value is -0.180. The Kier molecular flexibility index (Phi) is 4.01. The Bertz CT molecular complexity index is 490. The van der Waals surface area contributed by atoms with Crippen molar-refractivity contribution in [1.82, 2.24) is 4.72 Å².